The zero-order chi connectivity index (χ0) is 10.9. The van der Waals surface area contributed by atoms with E-state index in [-0.39, 0.29) is 18.1 Å². The van der Waals surface area contributed by atoms with E-state index in [0.717, 1.165) is 12.8 Å². The fraction of sp³-hybridized carbons (Fsp3) is 1.00. The standard InChI is InChI=1S/C11H20O4/c1-14-9-6-10(7-9,8-12)11(13)2-4-15-5-3-11/h9,12-13H,2-8H2,1H3. The fourth-order valence-electron chi connectivity index (χ4n) is 2.87. The van der Waals surface area contributed by atoms with Gasteiger partial charge < -0.3 is 19.7 Å². The van der Waals surface area contributed by atoms with E-state index in [4.69, 9.17) is 9.47 Å². The lowest BCUT2D eigenvalue weighted by molar-refractivity contribution is -0.223. The third kappa shape index (κ3) is 1.69. The molecule has 2 aliphatic rings. The number of methoxy groups -OCH3 is 1. The van der Waals surface area contributed by atoms with E-state index in [0.29, 0.717) is 26.1 Å². The SMILES string of the molecule is COC1CC(CO)(C2(O)CCOCC2)C1. The van der Waals surface area contributed by atoms with Crippen LogP contribution in [0.4, 0.5) is 0 Å². The van der Waals surface area contributed by atoms with Crippen molar-refractivity contribution in [3.63, 3.8) is 0 Å². The predicted octanol–water partition coefficient (Wildman–Crippen LogP) is 0.315. The van der Waals surface area contributed by atoms with Crippen LogP contribution in [0.1, 0.15) is 25.7 Å². The Balaban J connectivity index is 2.06. The first-order chi connectivity index (χ1) is 7.16. The van der Waals surface area contributed by atoms with E-state index in [1.54, 1.807) is 7.11 Å². The summed E-state index contributed by atoms with van der Waals surface area (Å²) in [7, 11) is 1.68. The fourth-order valence-corrected chi connectivity index (χ4v) is 2.87. The molecule has 2 N–H and O–H groups in total. The monoisotopic (exact) mass is 216 g/mol. The van der Waals surface area contributed by atoms with Gasteiger partial charge in [-0.05, 0) is 12.8 Å². The summed E-state index contributed by atoms with van der Waals surface area (Å²) in [5.41, 5.74) is -1.10. The summed E-state index contributed by atoms with van der Waals surface area (Å²) < 4.78 is 10.5. The van der Waals surface area contributed by atoms with Crippen molar-refractivity contribution in [2.45, 2.75) is 37.4 Å². The minimum Gasteiger partial charge on any atom is -0.396 e. The van der Waals surface area contributed by atoms with Crippen LogP contribution in [0.3, 0.4) is 0 Å². The molecular formula is C11H20O4. The molecule has 1 aliphatic carbocycles. The molecule has 15 heavy (non-hydrogen) atoms. The van der Waals surface area contributed by atoms with E-state index in [1.165, 1.54) is 0 Å². The van der Waals surface area contributed by atoms with Gasteiger partial charge in [-0.2, -0.15) is 0 Å². The second-order valence-corrected chi connectivity index (χ2v) is 4.85. The number of hydrogen-bond acceptors (Lipinski definition) is 4. The maximum Gasteiger partial charge on any atom is 0.0771 e. The Labute approximate surface area is 90.2 Å². The Hall–Kier alpha value is -0.160. The van der Waals surface area contributed by atoms with Crippen LogP contribution in [0.5, 0.6) is 0 Å². The maximum absolute atomic E-state index is 10.6. The van der Waals surface area contributed by atoms with E-state index in [2.05, 4.69) is 0 Å². The first kappa shape index (κ1) is 11.3. The quantitative estimate of drug-likeness (QED) is 0.713. The Morgan fingerprint density at radius 2 is 1.93 bits per heavy atom. The highest BCUT2D eigenvalue weighted by Gasteiger charge is 2.57. The molecule has 1 saturated heterocycles. The molecule has 1 saturated carbocycles. The molecule has 0 spiro atoms. The van der Waals surface area contributed by atoms with Gasteiger partial charge in [-0.25, -0.2) is 0 Å². The molecule has 0 aromatic carbocycles. The summed E-state index contributed by atoms with van der Waals surface area (Å²) in [6.07, 6.45) is 2.98. The van der Waals surface area contributed by atoms with Crippen LogP contribution in [0, 0.1) is 5.41 Å². The van der Waals surface area contributed by atoms with Gasteiger partial charge in [-0.15, -0.1) is 0 Å². The highest BCUT2D eigenvalue weighted by atomic mass is 16.5. The van der Waals surface area contributed by atoms with Gasteiger partial charge in [0.15, 0.2) is 0 Å². The second kappa shape index (κ2) is 4.01. The summed E-state index contributed by atoms with van der Waals surface area (Å²) in [5.74, 6) is 0. The first-order valence-corrected chi connectivity index (χ1v) is 5.60. The highest BCUT2D eigenvalue weighted by molar-refractivity contribution is 5.08. The molecule has 2 fully saturated rings. The minimum absolute atomic E-state index is 0.0450. The van der Waals surface area contributed by atoms with E-state index in [1.807, 2.05) is 0 Å². The van der Waals surface area contributed by atoms with E-state index < -0.39 is 5.60 Å². The molecule has 4 heteroatoms. The van der Waals surface area contributed by atoms with Crippen molar-refractivity contribution in [3.05, 3.63) is 0 Å². The number of aliphatic hydroxyl groups excluding tert-OH is 1. The zero-order valence-corrected chi connectivity index (χ0v) is 9.24. The molecule has 1 heterocycles. The van der Waals surface area contributed by atoms with Gasteiger partial charge in [0.05, 0.1) is 18.3 Å². The summed E-state index contributed by atoms with van der Waals surface area (Å²) in [5, 5.41) is 20.1. The highest BCUT2D eigenvalue weighted by Crippen LogP contribution is 2.53. The smallest absolute Gasteiger partial charge is 0.0771 e. The molecule has 88 valence electrons. The number of aliphatic hydroxyl groups is 2. The lowest BCUT2D eigenvalue weighted by Gasteiger charge is -2.56. The molecule has 0 radical (unpaired) electrons. The Kier molecular flexibility index (Phi) is 3.03. The lowest BCUT2D eigenvalue weighted by Crippen LogP contribution is -2.61. The topological polar surface area (TPSA) is 58.9 Å². The van der Waals surface area contributed by atoms with Crippen molar-refractivity contribution >= 4 is 0 Å². The molecule has 0 aromatic heterocycles. The molecule has 0 atom stereocenters. The Morgan fingerprint density at radius 1 is 1.33 bits per heavy atom. The van der Waals surface area contributed by atoms with Crippen LogP contribution in [-0.4, -0.2) is 48.8 Å². The van der Waals surface area contributed by atoms with Gasteiger partial charge in [0.1, 0.15) is 0 Å². The van der Waals surface area contributed by atoms with E-state index >= 15 is 0 Å². The molecule has 4 nitrogen and oxygen atoms in total. The van der Waals surface area contributed by atoms with Crippen molar-refractivity contribution in [3.8, 4) is 0 Å². The van der Waals surface area contributed by atoms with Crippen molar-refractivity contribution in [2.75, 3.05) is 26.9 Å². The van der Waals surface area contributed by atoms with Crippen LogP contribution in [0.2, 0.25) is 0 Å². The summed E-state index contributed by atoms with van der Waals surface area (Å²) in [6.45, 7) is 1.23. The predicted molar refractivity (Wildman–Crippen MR) is 54.6 cm³/mol. The molecule has 0 bridgehead atoms. The minimum atomic E-state index is -0.755. The van der Waals surface area contributed by atoms with Gasteiger partial charge >= 0.3 is 0 Å². The molecular weight excluding hydrogens is 196 g/mol. The van der Waals surface area contributed by atoms with Gasteiger partial charge in [-0.1, -0.05) is 0 Å². The van der Waals surface area contributed by atoms with Crippen molar-refractivity contribution in [1.82, 2.24) is 0 Å². The average Bonchev–Trinajstić information content (AvgIpc) is 2.18. The van der Waals surface area contributed by atoms with Crippen molar-refractivity contribution in [1.29, 1.82) is 0 Å². The molecule has 1 aliphatic heterocycles. The maximum atomic E-state index is 10.6. The Morgan fingerprint density at radius 3 is 2.40 bits per heavy atom. The molecule has 0 unspecified atom stereocenters. The first-order valence-electron chi connectivity index (χ1n) is 5.60. The number of ether oxygens (including phenoxy) is 2. The van der Waals surface area contributed by atoms with Crippen LogP contribution >= 0.6 is 0 Å². The van der Waals surface area contributed by atoms with Crippen LogP contribution in [0.25, 0.3) is 0 Å². The average molecular weight is 216 g/mol. The number of hydrogen-bond donors (Lipinski definition) is 2. The molecule has 2 rings (SSSR count). The van der Waals surface area contributed by atoms with Gasteiger partial charge in [0, 0.05) is 38.6 Å². The van der Waals surface area contributed by atoms with Crippen molar-refractivity contribution < 1.29 is 19.7 Å². The normalized spacial score (nSPS) is 39.8. The largest absolute Gasteiger partial charge is 0.396 e. The molecule has 0 amide bonds. The van der Waals surface area contributed by atoms with Gasteiger partial charge in [0.2, 0.25) is 0 Å². The van der Waals surface area contributed by atoms with E-state index in [9.17, 15) is 10.2 Å². The Bertz CT molecular complexity index is 217. The van der Waals surface area contributed by atoms with Crippen LogP contribution in [-0.2, 0) is 9.47 Å². The van der Waals surface area contributed by atoms with Gasteiger partial charge in [-0.3, -0.25) is 0 Å². The summed E-state index contributed by atoms with van der Waals surface area (Å²) in [6, 6.07) is 0. The molecule has 0 aromatic rings. The van der Waals surface area contributed by atoms with Crippen molar-refractivity contribution in [2.24, 2.45) is 5.41 Å². The second-order valence-electron chi connectivity index (χ2n) is 4.85. The summed E-state index contributed by atoms with van der Waals surface area (Å²) in [4.78, 5) is 0. The third-order valence-electron chi connectivity index (χ3n) is 4.18. The van der Waals surface area contributed by atoms with Gasteiger partial charge in [0.25, 0.3) is 0 Å². The van der Waals surface area contributed by atoms with Crippen LogP contribution < -0.4 is 0 Å². The third-order valence-corrected chi connectivity index (χ3v) is 4.18. The van der Waals surface area contributed by atoms with Crippen LogP contribution in [0.15, 0.2) is 0 Å². The summed E-state index contributed by atoms with van der Waals surface area (Å²) >= 11 is 0. The number of rotatable bonds is 3. The zero-order valence-electron chi connectivity index (χ0n) is 9.24. The lowest BCUT2D eigenvalue weighted by atomic mass is 9.55.